The Morgan fingerprint density at radius 2 is 2.29 bits per heavy atom. The molecule has 0 amide bonds. The SMILES string of the molecule is Cc1nn(C(C)C(=O)O/N=C(\N)c2cccs2)c(C)c1Br. The first-order valence-corrected chi connectivity index (χ1v) is 7.88. The van der Waals surface area contributed by atoms with E-state index in [-0.39, 0.29) is 5.84 Å². The summed E-state index contributed by atoms with van der Waals surface area (Å²) in [6.07, 6.45) is 0. The van der Waals surface area contributed by atoms with Gasteiger partial charge in [-0.25, -0.2) is 4.79 Å². The summed E-state index contributed by atoms with van der Waals surface area (Å²) in [6.45, 7) is 5.43. The molecule has 112 valence electrons. The molecule has 0 bridgehead atoms. The van der Waals surface area contributed by atoms with Crippen LogP contribution in [-0.4, -0.2) is 21.6 Å². The Morgan fingerprint density at radius 1 is 1.57 bits per heavy atom. The van der Waals surface area contributed by atoms with E-state index in [1.54, 1.807) is 17.7 Å². The van der Waals surface area contributed by atoms with E-state index in [0.29, 0.717) is 0 Å². The van der Waals surface area contributed by atoms with Gasteiger partial charge >= 0.3 is 5.97 Å². The Balaban J connectivity index is 2.10. The molecule has 0 aliphatic heterocycles. The monoisotopic (exact) mass is 370 g/mol. The van der Waals surface area contributed by atoms with Crippen LogP contribution in [0.3, 0.4) is 0 Å². The lowest BCUT2D eigenvalue weighted by Gasteiger charge is -2.11. The third-order valence-corrected chi connectivity index (χ3v) is 4.99. The minimum atomic E-state index is -0.588. The largest absolute Gasteiger partial charge is 0.380 e. The quantitative estimate of drug-likeness (QED) is 0.388. The van der Waals surface area contributed by atoms with E-state index in [1.165, 1.54) is 11.3 Å². The van der Waals surface area contributed by atoms with Gasteiger partial charge in [0.15, 0.2) is 5.84 Å². The molecular formula is C13H15BrN4O2S. The van der Waals surface area contributed by atoms with Crippen LogP contribution in [0.5, 0.6) is 0 Å². The van der Waals surface area contributed by atoms with Gasteiger partial charge in [-0.15, -0.1) is 11.3 Å². The third-order valence-electron chi connectivity index (χ3n) is 2.95. The van der Waals surface area contributed by atoms with E-state index in [1.807, 2.05) is 25.3 Å². The Labute approximate surface area is 134 Å². The molecule has 0 aromatic carbocycles. The molecule has 21 heavy (non-hydrogen) atoms. The average Bonchev–Trinajstić information content (AvgIpc) is 3.08. The van der Waals surface area contributed by atoms with Crippen molar-refractivity contribution in [3.8, 4) is 0 Å². The van der Waals surface area contributed by atoms with E-state index in [9.17, 15) is 4.79 Å². The summed E-state index contributed by atoms with van der Waals surface area (Å²) in [5, 5.41) is 9.84. The molecule has 6 nitrogen and oxygen atoms in total. The first-order chi connectivity index (χ1) is 9.91. The van der Waals surface area contributed by atoms with Crippen molar-refractivity contribution < 1.29 is 9.63 Å². The van der Waals surface area contributed by atoms with Crippen LogP contribution < -0.4 is 5.73 Å². The second-order valence-electron chi connectivity index (χ2n) is 4.47. The number of amidine groups is 1. The Bertz CT molecular complexity index is 679. The molecule has 0 radical (unpaired) electrons. The van der Waals surface area contributed by atoms with Crippen LogP contribution in [-0.2, 0) is 9.63 Å². The van der Waals surface area contributed by atoms with Crippen molar-refractivity contribution in [1.82, 2.24) is 9.78 Å². The average molecular weight is 371 g/mol. The normalized spacial score (nSPS) is 13.2. The number of carbonyl (C=O) groups excluding carboxylic acids is 1. The van der Waals surface area contributed by atoms with Crippen LogP contribution in [0.2, 0.25) is 0 Å². The number of nitrogens with two attached hydrogens (primary N) is 1. The number of thiophene rings is 1. The fourth-order valence-corrected chi connectivity index (χ4v) is 2.64. The van der Waals surface area contributed by atoms with Crippen molar-refractivity contribution >= 4 is 39.1 Å². The summed E-state index contributed by atoms with van der Waals surface area (Å²) in [5.74, 6) is -0.340. The fraction of sp³-hybridized carbons (Fsp3) is 0.308. The molecule has 1 unspecified atom stereocenters. The second kappa shape index (κ2) is 6.40. The number of carbonyl (C=O) groups is 1. The van der Waals surface area contributed by atoms with Crippen molar-refractivity contribution in [2.75, 3.05) is 0 Å². The second-order valence-corrected chi connectivity index (χ2v) is 6.21. The Morgan fingerprint density at radius 3 is 2.81 bits per heavy atom. The van der Waals surface area contributed by atoms with Gasteiger partial charge in [-0.2, -0.15) is 5.10 Å². The molecule has 0 aliphatic rings. The summed E-state index contributed by atoms with van der Waals surface area (Å²) in [4.78, 5) is 17.7. The van der Waals surface area contributed by atoms with E-state index < -0.39 is 12.0 Å². The van der Waals surface area contributed by atoms with Gasteiger partial charge in [0.05, 0.1) is 20.7 Å². The maximum Gasteiger partial charge on any atom is 0.359 e. The number of oxime groups is 1. The van der Waals surface area contributed by atoms with Crippen LogP contribution in [0.1, 0.15) is 29.2 Å². The van der Waals surface area contributed by atoms with Crippen molar-refractivity contribution in [3.05, 3.63) is 38.3 Å². The summed E-state index contributed by atoms with van der Waals surface area (Å²) in [7, 11) is 0. The Hall–Kier alpha value is -1.67. The molecule has 0 saturated heterocycles. The van der Waals surface area contributed by atoms with Crippen molar-refractivity contribution in [1.29, 1.82) is 0 Å². The fourth-order valence-electron chi connectivity index (χ4n) is 1.76. The predicted octanol–water partition coefficient (Wildman–Crippen LogP) is 2.75. The highest BCUT2D eigenvalue weighted by Gasteiger charge is 2.22. The molecule has 0 fully saturated rings. The zero-order valence-electron chi connectivity index (χ0n) is 11.8. The number of aromatic nitrogens is 2. The van der Waals surface area contributed by atoms with Crippen LogP contribution in [0.4, 0.5) is 0 Å². The molecule has 0 saturated carbocycles. The van der Waals surface area contributed by atoms with Crippen molar-refractivity contribution in [2.24, 2.45) is 10.9 Å². The number of nitrogens with zero attached hydrogens (tertiary/aromatic N) is 3. The number of aryl methyl sites for hydroxylation is 1. The molecule has 0 aliphatic carbocycles. The molecule has 1 atom stereocenters. The first kappa shape index (κ1) is 15.7. The van der Waals surface area contributed by atoms with Gasteiger partial charge in [-0.3, -0.25) is 4.68 Å². The third kappa shape index (κ3) is 3.33. The highest BCUT2D eigenvalue weighted by molar-refractivity contribution is 9.10. The minimum absolute atomic E-state index is 0.181. The molecule has 2 rings (SSSR count). The summed E-state index contributed by atoms with van der Waals surface area (Å²) < 4.78 is 2.47. The van der Waals surface area contributed by atoms with Gasteiger partial charge in [0, 0.05) is 0 Å². The van der Waals surface area contributed by atoms with E-state index >= 15 is 0 Å². The van der Waals surface area contributed by atoms with Gasteiger partial charge in [0.2, 0.25) is 0 Å². The standard InChI is InChI=1S/C13H15BrN4O2S/c1-7-11(14)8(2)18(16-7)9(3)13(19)20-17-12(15)10-5-4-6-21-10/h4-6,9H,1-3H3,(H2,15,17). The summed E-state index contributed by atoms with van der Waals surface area (Å²) in [6, 6.07) is 3.06. The maximum atomic E-state index is 12.0. The van der Waals surface area contributed by atoms with Crippen molar-refractivity contribution in [3.63, 3.8) is 0 Å². The number of halogens is 1. The lowest BCUT2D eigenvalue weighted by atomic mass is 10.3. The lowest BCUT2D eigenvalue weighted by Crippen LogP contribution is -2.21. The molecule has 2 aromatic heterocycles. The van der Waals surface area contributed by atoms with Crippen LogP contribution in [0.15, 0.2) is 27.1 Å². The molecule has 2 aromatic rings. The van der Waals surface area contributed by atoms with Gasteiger partial charge in [-0.05, 0) is 48.1 Å². The molecular weight excluding hydrogens is 356 g/mol. The summed E-state index contributed by atoms with van der Waals surface area (Å²) in [5.41, 5.74) is 7.41. The van der Waals surface area contributed by atoms with E-state index in [2.05, 4.69) is 26.2 Å². The number of hydrogen-bond donors (Lipinski definition) is 1. The zero-order chi connectivity index (χ0) is 15.6. The Kier molecular flexibility index (Phi) is 4.79. The van der Waals surface area contributed by atoms with E-state index in [4.69, 9.17) is 10.6 Å². The highest BCUT2D eigenvalue weighted by atomic mass is 79.9. The number of hydrogen-bond acceptors (Lipinski definition) is 5. The van der Waals surface area contributed by atoms with E-state index in [0.717, 1.165) is 20.7 Å². The van der Waals surface area contributed by atoms with Crippen LogP contribution in [0.25, 0.3) is 0 Å². The first-order valence-electron chi connectivity index (χ1n) is 6.21. The minimum Gasteiger partial charge on any atom is -0.380 e. The predicted molar refractivity (Wildman–Crippen MR) is 85.2 cm³/mol. The smallest absolute Gasteiger partial charge is 0.359 e. The topological polar surface area (TPSA) is 82.5 Å². The molecule has 2 N–H and O–H groups in total. The highest BCUT2D eigenvalue weighted by Crippen LogP contribution is 2.23. The zero-order valence-corrected chi connectivity index (χ0v) is 14.2. The van der Waals surface area contributed by atoms with Gasteiger partial charge in [0.25, 0.3) is 0 Å². The van der Waals surface area contributed by atoms with Gasteiger partial charge in [0.1, 0.15) is 6.04 Å². The molecule has 0 spiro atoms. The van der Waals surface area contributed by atoms with Gasteiger partial charge < -0.3 is 10.6 Å². The molecule has 2 heterocycles. The van der Waals surface area contributed by atoms with Crippen LogP contribution >= 0.6 is 27.3 Å². The van der Waals surface area contributed by atoms with Crippen molar-refractivity contribution in [2.45, 2.75) is 26.8 Å². The maximum absolute atomic E-state index is 12.0. The van der Waals surface area contributed by atoms with Crippen LogP contribution in [0, 0.1) is 13.8 Å². The number of rotatable bonds is 4. The lowest BCUT2D eigenvalue weighted by molar-refractivity contribution is -0.147. The van der Waals surface area contributed by atoms with Gasteiger partial charge in [-0.1, -0.05) is 11.2 Å². The molecule has 8 heteroatoms. The summed E-state index contributed by atoms with van der Waals surface area (Å²) >= 11 is 4.85.